The Hall–Kier alpha value is -1.59. The van der Waals surface area contributed by atoms with Gasteiger partial charge in [-0.25, -0.2) is 0 Å². The molecular formula is C12H17F3N2O. The molecule has 0 saturated heterocycles. The molecule has 0 spiro atoms. The highest BCUT2D eigenvalue weighted by atomic mass is 19.4. The summed E-state index contributed by atoms with van der Waals surface area (Å²) in [5.41, 5.74) is -0.701. The molecule has 0 fully saturated rings. The summed E-state index contributed by atoms with van der Waals surface area (Å²) in [5.74, 6) is 0. The molecule has 0 rings (SSSR count). The molecule has 0 aliphatic rings. The Bertz CT molecular complexity index is 333. The van der Waals surface area contributed by atoms with E-state index in [4.69, 9.17) is 0 Å². The van der Waals surface area contributed by atoms with Crippen molar-refractivity contribution in [3.8, 4) is 0 Å². The first kappa shape index (κ1) is 16.4. The van der Waals surface area contributed by atoms with Gasteiger partial charge in [0.2, 0.25) is 6.41 Å². The molecule has 0 heterocycles. The van der Waals surface area contributed by atoms with E-state index in [0.29, 0.717) is 13.0 Å². The number of amides is 1. The summed E-state index contributed by atoms with van der Waals surface area (Å²) in [7, 11) is 0. The fourth-order valence-electron chi connectivity index (χ4n) is 1.05. The maximum Gasteiger partial charge on any atom is 0.417 e. The lowest BCUT2D eigenvalue weighted by molar-refractivity contribution is -0.109. The minimum absolute atomic E-state index is 0.0219. The molecule has 0 aromatic heterocycles. The summed E-state index contributed by atoms with van der Waals surface area (Å²) in [4.78, 5) is 13.7. The van der Waals surface area contributed by atoms with E-state index in [0.717, 1.165) is 25.1 Å². The Morgan fingerprint density at radius 1 is 1.44 bits per heavy atom. The minimum atomic E-state index is -4.47. The van der Waals surface area contributed by atoms with Crippen LogP contribution in [0.4, 0.5) is 13.2 Å². The number of nitrogens with one attached hydrogen (secondary N) is 1. The third-order valence-electron chi connectivity index (χ3n) is 1.97. The molecule has 1 N–H and O–H groups in total. The van der Waals surface area contributed by atoms with Crippen molar-refractivity contribution in [2.24, 2.45) is 4.99 Å². The lowest BCUT2D eigenvalue weighted by atomic mass is 10.1. The second-order valence-electron chi connectivity index (χ2n) is 3.64. The van der Waals surface area contributed by atoms with E-state index in [9.17, 15) is 18.0 Å². The lowest BCUT2D eigenvalue weighted by Crippen LogP contribution is -2.17. The van der Waals surface area contributed by atoms with Crippen molar-refractivity contribution >= 4 is 12.6 Å². The Labute approximate surface area is 104 Å². The molecule has 1 amide bonds. The predicted molar refractivity (Wildman–Crippen MR) is 65.6 cm³/mol. The van der Waals surface area contributed by atoms with Crippen LogP contribution < -0.4 is 5.32 Å². The quantitative estimate of drug-likeness (QED) is 0.311. The number of nitrogens with zero attached hydrogens (tertiary/aromatic N) is 1. The largest absolute Gasteiger partial charge is 0.417 e. The summed E-state index contributed by atoms with van der Waals surface area (Å²) in [6.45, 7) is 5.71. The highest BCUT2D eigenvalue weighted by Gasteiger charge is 2.32. The maximum absolute atomic E-state index is 12.6. The second-order valence-corrected chi connectivity index (χ2v) is 3.64. The molecule has 0 aromatic carbocycles. The molecule has 0 aromatic rings. The molecule has 102 valence electrons. The van der Waals surface area contributed by atoms with E-state index >= 15 is 0 Å². The Morgan fingerprint density at radius 2 is 2.11 bits per heavy atom. The molecule has 18 heavy (non-hydrogen) atoms. The van der Waals surface area contributed by atoms with Crippen molar-refractivity contribution in [1.82, 2.24) is 5.32 Å². The number of aliphatic imine (C=N–C) groups is 1. The minimum Gasteiger partial charge on any atom is -0.355 e. The number of carbonyl (C=O) groups is 1. The zero-order valence-corrected chi connectivity index (χ0v) is 10.3. The molecule has 0 aliphatic heterocycles. The van der Waals surface area contributed by atoms with Crippen LogP contribution in [0.15, 0.2) is 28.8 Å². The molecule has 0 unspecified atom stereocenters. The highest BCUT2D eigenvalue weighted by Crippen LogP contribution is 2.25. The van der Waals surface area contributed by atoms with Gasteiger partial charge in [0.15, 0.2) is 0 Å². The maximum atomic E-state index is 12.6. The van der Waals surface area contributed by atoms with Gasteiger partial charge in [0, 0.05) is 19.3 Å². The number of halogens is 3. The van der Waals surface area contributed by atoms with Crippen LogP contribution in [-0.4, -0.2) is 31.9 Å². The van der Waals surface area contributed by atoms with Gasteiger partial charge in [-0.15, -0.1) is 0 Å². The molecular weight excluding hydrogens is 245 g/mol. The van der Waals surface area contributed by atoms with Gasteiger partial charge in [-0.05, 0) is 18.1 Å². The van der Waals surface area contributed by atoms with Gasteiger partial charge in [-0.2, -0.15) is 13.2 Å². The Morgan fingerprint density at radius 3 is 2.61 bits per heavy atom. The number of hydrogen-bond acceptors (Lipinski definition) is 2. The fourth-order valence-corrected chi connectivity index (χ4v) is 1.05. The van der Waals surface area contributed by atoms with Gasteiger partial charge in [0.05, 0.1) is 5.57 Å². The molecule has 0 aliphatic carbocycles. The van der Waals surface area contributed by atoms with Gasteiger partial charge >= 0.3 is 6.18 Å². The zero-order valence-electron chi connectivity index (χ0n) is 10.3. The van der Waals surface area contributed by atoms with Gasteiger partial charge in [-0.1, -0.05) is 19.9 Å². The number of carbonyl (C=O) groups excluding carboxylic acids is 1. The third kappa shape index (κ3) is 7.65. The van der Waals surface area contributed by atoms with Gasteiger partial charge in [0.25, 0.3) is 0 Å². The van der Waals surface area contributed by atoms with Gasteiger partial charge in [-0.3, -0.25) is 9.79 Å². The Balaban J connectivity index is 4.68. The van der Waals surface area contributed by atoms with E-state index in [1.54, 1.807) is 0 Å². The van der Waals surface area contributed by atoms with Crippen molar-refractivity contribution < 1.29 is 18.0 Å². The van der Waals surface area contributed by atoms with Crippen LogP contribution in [0.1, 0.15) is 19.8 Å². The first-order valence-electron chi connectivity index (χ1n) is 5.55. The second kappa shape index (κ2) is 8.49. The topological polar surface area (TPSA) is 41.5 Å². The average molecular weight is 262 g/mol. The summed E-state index contributed by atoms with van der Waals surface area (Å²) >= 11 is 0. The smallest absolute Gasteiger partial charge is 0.355 e. The van der Waals surface area contributed by atoms with Crippen LogP contribution >= 0.6 is 0 Å². The number of rotatable bonds is 8. The number of allylic oxidation sites excluding steroid dienone is 1. The van der Waals surface area contributed by atoms with Crippen LogP contribution in [0.3, 0.4) is 0 Å². The summed E-state index contributed by atoms with van der Waals surface area (Å²) in [6, 6.07) is 0. The molecule has 0 radical (unpaired) electrons. The van der Waals surface area contributed by atoms with Crippen LogP contribution in [0.5, 0.6) is 0 Å². The van der Waals surface area contributed by atoms with Crippen molar-refractivity contribution in [3.63, 3.8) is 0 Å². The van der Waals surface area contributed by atoms with Gasteiger partial charge in [0.1, 0.15) is 0 Å². The SMILES string of the molecule is C=C(/C=C(\C=NCCCC)C(F)(F)F)CNC=O. The van der Waals surface area contributed by atoms with Crippen LogP contribution in [0.25, 0.3) is 0 Å². The molecule has 0 saturated carbocycles. The van der Waals surface area contributed by atoms with E-state index in [-0.39, 0.29) is 12.1 Å². The van der Waals surface area contributed by atoms with Crippen LogP contribution in [-0.2, 0) is 4.79 Å². The summed E-state index contributed by atoms with van der Waals surface area (Å²) in [6.07, 6.45) is -0.761. The summed E-state index contributed by atoms with van der Waals surface area (Å²) in [5, 5.41) is 2.24. The van der Waals surface area contributed by atoms with E-state index in [1.807, 2.05) is 6.92 Å². The summed E-state index contributed by atoms with van der Waals surface area (Å²) < 4.78 is 37.9. The monoisotopic (exact) mass is 262 g/mol. The number of alkyl halides is 3. The lowest BCUT2D eigenvalue weighted by Gasteiger charge is -2.08. The van der Waals surface area contributed by atoms with Crippen molar-refractivity contribution in [3.05, 3.63) is 23.8 Å². The molecule has 0 bridgehead atoms. The fraction of sp³-hybridized carbons (Fsp3) is 0.500. The van der Waals surface area contributed by atoms with Crippen LogP contribution in [0, 0.1) is 0 Å². The van der Waals surface area contributed by atoms with E-state index < -0.39 is 11.7 Å². The Kier molecular flexibility index (Phi) is 7.74. The van der Waals surface area contributed by atoms with Gasteiger partial charge < -0.3 is 5.32 Å². The van der Waals surface area contributed by atoms with Crippen molar-refractivity contribution in [2.45, 2.75) is 25.9 Å². The standard InChI is InChI=1S/C12H17F3N2O/c1-3-4-5-16-8-11(12(13,14)15)6-10(2)7-17-9-18/h6,8-9H,2-5,7H2,1H3,(H,17,18)/b11-6+,16-8?. The average Bonchev–Trinajstić information content (AvgIpc) is 2.29. The molecule has 6 heteroatoms. The van der Waals surface area contributed by atoms with Crippen molar-refractivity contribution in [2.75, 3.05) is 13.1 Å². The predicted octanol–water partition coefficient (Wildman–Crippen LogP) is 2.65. The number of hydrogen-bond donors (Lipinski definition) is 1. The highest BCUT2D eigenvalue weighted by molar-refractivity contribution is 5.81. The molecule has 0 atom stereocenters. The molecule has 3 nitrogen and oxygen atoms in total. The van der Waals surface area contributed by atoms with Crippen molar-refractivity contribution in [1.29, 1.82) is 0 Å². The van der Waals surface area contributed by atoms with E-state index in [2.05, 4.69) is 16.9 Å². The zero-order chi connectivity index (χ0) is 14.0. The van der Waals surface area contributed by atoms with Crippen LogP contribution in [0.2, 0.25) is 0 Å². The first-order chi connectivity index (χ1) is 8.41. The first-order valence-corrected chi connectivity index (χ1v) is 5.55. The normalized spacial score (nSPS) is 12.8. The number of unbranched alkanes of at least 4 members (excludes halogenated alkanes) is 1. The third-order valence-corrected chi connectivity index (χ3v) is 1.97. The van der Waals surface area contributed by atoms with E-state index in [1.165, 1.54) is 0 Å².